The first-order valence-electron chi connectivity index (χ1n) is 11.5. The molecule has 0 aliphatic carbocycles. The van der Waals surface area contributed by atoms with E-state index in [-0.39, 0.29) is 35.6 Å². The normalized spacial score (nSPS) is 22.4. The number of fused-ring (bicyclic) bond motifs is 5. The van der Waals surface area contributed by atoms with Gasteiger partial charge in [-0.2, -0.15) is 26.3 Å². The van der Waals surface area contributed by atoms with Crippen molar-refractivity contribution >= 4 is 5.69 Å². The zero-order chi connectivity index (χ0) is 27.7. The van der Waals surface area contributed by atoms with E-state index in [1.807, 2.05) is 0 Å². The van der Waals surface area contributed by atoms with Crippen molar-refractivity contribution in [3.63, 3.8) is 0 Å². The van der Waals surface area contributed by atoms with E-state index in [1.54, 1.807) is 6.92 Å². The number of alkyl halides is 6. The second-order valence-electron chi connectivity index (χ2n) is 9.49. The van der Waals surface area contributed by atoms with Crippen LogP contribution in [-0.4, -0.2) is 21.4 Å². The maximum atomic E-state index is 13.5. The Morgan fingerprint density at radius 3 is 2.24 bits per heavy atom. The highest BCUT2D eigenvalue weighted by Crippen LogP contribution is 2.65. The maximum absolute atomic E-state index is 13.5. The summed E-state index contributed by atoms with van der Waals surface area (Å²) in [6.45, 7) is 8.71. The van der Waals surface area contributed by atoms with Gasteiger partial charge in [0.15, 0.2) is 5.69 Å². The van der Waals surface area contributed by atoms with E-state index in [0.717, 1.165) is 22.8 Å². The van der Waals surface area contributed by atoms with Crippen LogP contribution in [0.25, 0.3) is 10.5 Å². The minimum absolute atomic E-state index is 0.00973. The fraction of sp³-hybridized carbons (Fsp3) is 0.346. The van der Waals surface area contributed by atoms with Gasteiger partial charge in [-0.3, -0.25) is 4.57 Å². The van der Waals surface area contributed by atoms with Crippen LogP contribution in [0.15, 0.2) is 42.5 Å². The monoisotopic (exact) mass is 538 g/mol. The minimum atomic E-state index is -4.83. The van der Waals surface area contributed by atoms with E-state index in [0.29, 0.717) is 18.9 Å². The quantitative estimate of drug-likeness (QED) is 0.267. The summed E-state index contributed by atoms with van der Waals surface area (Å²) >= 11 is 0. The van der Waals surface area contributed by atoms with E-state index >= 15 is 0 Å². The number of halogens is 6. The smallest absolute Gasteiger partial charge is 0.416 e. The molecule has 6 nitrogen and oxygen atoms in total. The average Bonchev–Trinajstić information content (AvgIpc) is 3.42. The first kappa shape index (κ1) is 25.8. The van der Waals surface area contributed by atoms with E-state index in [1.165, 1.54) is 18.2 Å². The van der Waals surface area contributed by atoms with E-state index < -0.39 is 52.1 Å². The number of hydrogen-bond acceptors (Lipinski definition) is 4. The van der Waals surface area contributed by atoms with Crippen molar-refractivity contribution in [1.82, 2.24) is 4.57 Å². The highest BCUT2D eigenvalue weighted by Gasteiger charge is 2.61. The average molecular weight is 538 g/mol. The van der Waals surface area contributed by atoms with Crippen molar-refractivity contribution in [1.29, 1.82) is 0 Å². The first-order valence-corrected chi connectivity index (χ1v) is 11.5. The molecule has 0 saturated carbocycles. The third-order valence-electron chi connectivity index (χ3n) is 7.15. The number of rotatable bonds is 5. The Morgan fingerprint density at radius 1 is 0.974 bits per heavy atom. The Hall–Kier alpha value is -3.85. The van der Waals surface area contributed by atoms with E-state index in [2.05, 4.69) is 4.85 Å². The summed E-state index contributed by atoms with van der Waals surface area (Å²) in [4.78, 5) is 2.90. The minimum Gasteiger partial charge on any atom is -0.494 e. The molecule has 2 aliphatic rings. The van der Waals surface area contributed by atoms with Crippen LogP contribution < -0.4 is 4.74 Å². The Kier molecular flexibility index (Phi) is 5.65. The molecule has 2 aliphatic heterocycles. The van der Waals surface area contributed by atoms with Gasteiger partial charge >= 0.3 is 12.4 Å². The van der Waals surface area contributed by atoms with Crippen molar-refractivity contribution in [3.8, 4) is 23.2 Å². The molecule has 200 valence electrons. The fourth-order valence-corrected chi connectivity index (χ4v) is 5.41. The van der Waals surface area contributed by atoms with Gasteiger partial charge in [0.1, 0.15) is 11.4 Å². The molecule has 1 saturated heterocycles. The van der Waals surface area contributed by atoms with Gasteiger partial charge < -0.3 is 19.7 Å². The third-order valence-corrected chi connectivity index (χ3v) is 7.15. The third kappa shape index (κ3) is 3.93. The molecule has 1 fully saturated rings. The molecule has 1 aromatic heterocycles. The Morgan fingerprint density at radius 2 is 1.63 bits per heavy atom. The summed E-state index contributed by atoms with van der Waals surface area (Å²) in [6, 6.07) is 7.01. The molecule has 2 atom stereocenters. The summed E-state index contributed by atoms with van der Waals surface area (Å²) in [5, 5.41) is 22.2. The molecule has 3 heterocycles. The zero-order valence-electron chi connectivity index (χ0n) is 19.7. The summed E-state index contributed by atoms with van der Waals surface area (Å²) in [6.07, 6.45) is -8.31. The van der Waals surface area contributed by atoms with Gasteiger partial charge in [0.05, 0.1) is 46.7 Å². The van der Waals surface area contributed by atoms with Gasteiger partial charge in [-0.1, -0.05) is 6.07 Å². The zero-order valence-corrected chi connectivity index (χ0v) is 19.7. The molecule has 0 spiro atoms. The lowest BCUT2D eigenvalue weighted by Crippen LogP contribution is -2.25. The van der Waals surface area contributed by atoms with Crippen LogP contribution in [0.5, 0.6) is 17.5 Å². The van der Waals surface area contributed by atoms with Gasteiger partial charge in [0.2, 0.25) is 11.8 Å². The van der Waals surface area contributed by atoms with Gasteiger partial charge in [-0.05, 0) is 56.2 Å². The first-order chi connectivity index (χ1) is 17.7. The van der Waals surface area contributed by atoms with Crippen LogP contribution in [0.2, 0.25) is 0 Å². The number of aromatic nitrogens is 1. The fourth-order valence-electron chi connectivity index (χ4n) is 5.41. The lowest BCUT2D eigenvalue weighted by Gasteiger charge is -2.26. The molecule has 12 heteroatoms. The van der Waals surface area contributed by atoms with Crippen LogP contribution >= 0.6 is 0 Å². The Labute approximate surface area is 212 Å². The predicted octanol–water partition coefficient (Wildman–Crippen LogP) is 7.18. The van der Waals surface area contributed by atoms with Crippen molar-refractivity contribution in [2.45, 2.75) is 49.7 Å². The molecule has 2 unspecified atom stereocenters. The molecule has 2 N–H and O–H groups in total. The summed E-state index contributed by atoms with van der Waals surface area (Å²) in [5.41, 5.74) is -4.52. The Bertz CT molecular complexity index is 1450. The second-order valence-corrected chi connectivity index (χ2v) is 9.49. The molecule has 38 heavy (non-hydrogen) atoms. The van der Waals surface area contributed by atoms with Gasteiger partial charge in [0, 0.05) is 6.42 Å². The van der Waals surface area contributed by atoms with Crippen LogP contribution in [0, 0.1) is 6.57 Å². The van der Waals surface area contributed by atoms with Crippen molar-refractivity contribution in [2.75, 3.05) is 6.61 Å². The van der Waals surface area contributed by atoms with Gasteiger partial charge in [-0.25, -0.2) is 4.85 Å². The summed E-state index contributed by atoms with van der Waals surface area (Å²) < 4.78 is 91.8. The van der Waals surface area contributed by atoms with Crippen molar-refractivity contribution in [3.05, 3.63) is 76.1 Å². The predicted molar refractivity (Wildman–Crippen MR) is 121 cm³/mol. The molecular formula is C26H20F6N2O4. The summed E-state index contributed by atoms with van der Waals surface area (Å²) in [7, 11) is 0. The van der Waals surface area contributed by atoms with Crippen LogP contribution in [-0.2, 0) is 28.3 Å². The van der Waals surface area contributed by atoms with Crippen molar-refractivity contribution in [2.24, 2.45) is 0 Å². The molecule has 3 aromatic rings. The lowest BCUT2D eigenvalue weighted by molar-refractivity contribution is -0.138. The van der Waals surface area contributed by atoms with Crippen LogP contribution in [0.4, 0.5) is 32.0 Å². The van der Waals surface area contributed by atoms with Crippen molar-refractivity contribution < 1.29 is 46.0 Å². The summed E-state index contributed by atoms with van der Waals surface area (Å²) in [5.74, 6) is -0.786. The molecule has 0 amide bonds. The molecule has 2 bridgehead atoms. The van der Waals surface area contributed by atoms with Gasteiger partial charge in [-0.15, -0.1) is 0 Å². The molecule has 5 rings (SSSR count). The van der Waals surface area contributed by atoms with E-state index in [9.17, 15) is 36.6 Å². The SMILES string of the molecule is [C-]#[N+]c1ccc(-n2c(O)c3c(c2O)C2(CCOc4ccc(C(F)(F)F)cc4)CCC3(C)O2)cc1C(F)(F)F. The molecule has 0 radical (unpaired) electrons. The van der Waals surface area contributed by atoms with Gasteiger partial charge in [0.25, 0.3) is 0 Å². The number of ether oxygens (including phenoxy) is 2. The Balaban J connectivity index is 1.47. The van der Waals surface area contributed by atoms with Crippen LogP contribution in [0.1, 0.15) is 48.4 Å². The second kappa shape index (κ2) is 8.33. The molecule has 2 aromatic carbocycles. The maximum Gasteiger partial charge on any atom is 0.416 e. The highest BCUT2D eigenvalue weighted by molar-refractivity contribution is 5.64. The molecular weight excluding hydrogens is 518 g/mol. The number of nitrogens with zero attached hydrogens (tertiary/aromatic N) is 2. The number of benzene rings is 2. The lowest BCUT2D eigenvalue weighted by atomic mass is 9.78. The number of aromatic hydroxyl groups is 2. The largest absolute Gasteiger partial charge is 0.494 e. The number of hydrogen-bond donors (Lipinski definition) is 2. The van der Waals surface area contributed by atoms with Crippen LogP contribution in [0.3, 0.4) is 0 Å². The highest BCUT2D eigenvalue weighted by atomic mass is 19.4. The topological polar surface area (TPSA) is 68.2 Å². The standard InChI is InChI=1S/C26H20F6N2O4/c1-23-9-10-24(38-23,11-12-37-16-6-3-14(4-7-16)25(27,28)29)20-19(23)21(35)34(22(20)36)15-5-8-18(33-2)17(13-15)26(30,31)32/h3-8,13,35-36H,9-12H2,1H3. The van der Waals surface area contributed by atoms with E-state index in [4.69, 9.17) is 16.0 Å².